The predicted molar refractivity (Wildman–Crippen MR) is 110 cm³/mol. The third-order valence-electron chi connectivity index (χ3n) is 4.64. The maximum absolute atomic E-state index is 12.3. The monoisotopic (exact) mass is 369 g/mol. The van der Waals surface area contributed by atoms with E-state index in [1.54, 1.807) is 7.11 Å². The highest BCUT2D eigenvalue weighted by Gasteiger charge is 2.16. The lowest BCUT2D eigenvalue weighted by atomic mass is 9.93. The number of carbonyl (C=O) groups is 1. The summed E-state index contributed by atoms with van der Waals surface area (Å²) >= 11 is 0. The van der Waals surface area contributed by atoms with E-state index in [1.807, 2.05) is 37.3 Å². The smallest absolute Gasteiger partial charge is 0.220 e. The number of methoxy groups -OCH3 is 1. The molecule has 0 aliphatic rings. The van der Waals surface area contributed by atoms with Crippen LogP contribution < -0.4 is 14.8 Å². The minimum Gasteiger partial charge on any atom is -0.496 e. The van der Waals surface area contributed by atoms with Crippen molar-refractivity contribution in [3.05, 3.63) is 59.2 Å². The van der Waals surface area contributed by atoms with Gasteiger partial charge in [-0.3, -0.25) is 4.79 Å². The van der Waals surface area contributed by atoms with Gasteiger partial charge in [0.05, 0.1) is 19.8 Å². The third-order valence-corrected chi connectivity index (χ3v) is 4.64. The van der Waals surface area contributed by atoms with Gasteiger partial charge in [-0.25, -0.2) is 0 Å². The number of carbonyl (C=O) groups excluding carboxylic acids is 1. The minimum absolute atomic E-state index is 0.0421. The van der Waals surface area contributed by atoms with Gasteiger partial charge < -0.3 is 14.8 Å². The molecular formula is C23H31NO3. The molecule has 0 radical (unpaired) electrons. The molecule has 4 nitrogen and oxygen atoms in total. The highest BCUT2D eigenvalue weighted by atomic mass is 16.5. The molecule has 2 rings (SSSR count). The van der Waals surface area contributed by atoms with E-state index < -0.39 is 0 Å². The van der Waals surface area contributed by atoms with Gasteiger partial charge >= 0.3 is 0 Å². The van der Waals surface area contributed by atoms with Crippen molar-refractivity contribution in [2.75, 3.05) is 13.7 Å². The Morgan fingerprint density at radius 1 is 1.07 bits per heavy atom. The van der Waals surface area contributed by atoms with Crippen molar-refractivity contribution in [1.82, 2.24) is 5.32 Å². The molecule has 1 amide bonds. The van der Waals surface area contributed by atoms with E-state index in [4.69, 9.17) is 9.47 Å². The summed E-state index contributed by atoms with van der Waals surface area (Å²) in [5, 5.41) is 3.10. The van der Waals surface area contributed by atoms with Crippen molar-refractivity contribution < 1.29 is 14.3 Å². The molecule has 0 aromatic heterocycles. The maximum Gasteiger partial charge on any atom is 0.220 e. The van der Waals surface area contributed by atoms with E-state index in [0.717, 1.165) is 28.2 Å². The van der Waals surface area contributed by atoms with Crippen LogP contribution in [0.2, 0.25) is 0 Å². The number of hydrogen-bond acceptors (Lipinski definition) is 3. The summed E-state index contributed by atoms with van der Waals surface area (Å²) in [5.74, 6) is 2.14. The number of para-hydroxylation sites is 1. The van der Waals surface area contributed by atoms with Crippen molar-refractivity contribution in [3.63, 3.8) is 0 Å². The quantitative estimate of drug-likeness (QED) is 0.621. The summed E-state index contributed by atoms with van der Waals surface area (Å²) in [6.45, 7) is 8.90. The second-order valence-electron chi connectivity index (χ2n) is 7.16. The standard InChI is InChI=1S/C23H31NO3/c1-16(2)20-15-21(17(3)14-22(20)26-5)18(4)24-23(25)12-9-13-27-19-10-7-6-8-11-19/h6-8,10-11,14-16,18H,9,12-13H2,1-5H3,(H,24,25)/t18-/m1/s1. The van der Waals surface area contributed by atoms with Gasteiger partial charge in [0.15, 0.2) is 0 Å². The Morgan fingerprint density at radius 3 is 2.41 bits per heavy atom. The number of benzene rings is 2. The van der Waals surface area contributed by atoms with Crippen LogP contribution in [0.3, 0.4) is 0 Å². The fourth-order valence-corrected chi connectivity index (χ4v) is 3.14. The zero-order chi connectivity index (χ0) is 19.8. The Kier molecular flexibility index (Phi) is 7.71. The van der Waals surface area contributed by atoms with Gasteiger partial charge in [-0.15, -0.1) is 0 Å². The number of rotatable bonds is 9. The summed E-state index contributed by atoms with van der Waals surface area (Å²) in [6.07, 6.45) is 1.13. The SMILES string of the molecule is COc1cc(C)c([C@@H](C)NC(=O)CCCOc2ccccc2)cc1C(C)C. The number of ether oxygens (including phenoxy) is 2. The van der Waals surface area contributed by atoms with Crippen molar-refractivity contribution in [3.8, 4) is 11.5 Å². The fourth-order valence-electron chi connectivity index (χ4n) is 3.14. The second kappa shape index (κ2) is 10.0. The molecule has 0 fully saturated rings. The van der Waals surface area contributed by atoms with Crippen LogP contribution in [-0.2, 0) is 4.79 Å². The molecule has 2 aromatic carbocycles. The molecular weight excluding hydrogens is 338 g/mol. The molecule has 0 spiro atoms. The van der Waals surface area contributed by atoms with Gasteiger partial charge in [0.1, 0.15) is 11.5 Å². The van der Waals surface area contributed by atoms with Crippen LogP contribution in [0.4, 0.5) is 0 Å². The molecule has 0 heterocycles. The molecule has 146 valence electrons. The van der Waals surface area contributed by atoms with Crippen molar-refractivity contribution in [1.29, 1.82) is 0 Å². The topological polar surface area (TPSA) is 47.6 Å². The number of aryl methyl sites for hydroxylation is 1. The molecule has 0 bridgehead atoms. The van der Waals surface area contributed by atoms with Gasteiger partial charge in [-0.2, -0.15) is 0 Å². The van der Waals surface area contributed by atoms with Crippen LogP contribution in [-0.4, -0.2) is 19.6 Å². The number of nitrogens with one attached hydrogen (secondary N) is 1. The predicted octanol–water partition coefficient (Wildman–Crippen LogP) is 5.16. The lowest BCUT2D eigenvalue weighted by Crippen LogP contribution is -2.27. The Bertz CT molecular complexity index is 741. The minimum atomic E-state index is -0.0454. The van der Waals surface area contributed by atoms with Gasteiger partial charge in [-0.1, -0.05) is 32.0 Å². The van der Waals surface area contributed by atoms with Crippen molar-refractivity contribution in [2.24, 2.45) is 0 Å². The Labute approximate surface area is 162 Å². The van der Waals surface area contributed by atoms with Crippen molar-refractivity contribution >= 4 is 5.91 Å². The molecule has 4 heteroatoms. The van der Waals surface area contributed by atoms with E-state index in [0.29, 0.717) is 25.4 Å². The van der Waals surface area contributed by atoms with Gasteiger partial charge in [-0.05, 0) is 67.1 Å². The zero-order valence-electron chi connectivity index (χ0n) is 17.0. The summed E-state index contributed by atoms with van der Waals surface area (Å²) in [7, 11) is 1.70. The highest BCUT2D eigenvalue weighted by molar-refractivity contribution is 5.76. The highest BCUT2D eigenvalue weighted by Crippen LogP contribution is 2.32. The Morgan fingerprint density at radius 2 is 1.78 bits per heavy atom. The Balaban J connectivity index is 1.89. The molecule has 0 aliphatic carbocycles. The lowest BCUT2D eigenvalue weighted by Gasteiger charge is -2.21. The largest absolute Gasteiger partial charge is 0.496 e. The fraction of sp³-hybridized carbons (Fsp3) is 0.435. The van der Waals surface area contributed by atoms with Crippen LogP contribution in [0.1, 0.15) is 62.3 Å². The summed E-state index contributed by atoms with van der Waals surface area (Å²) in [6, 6.07) is 13.8. The van der Waals surface area contributed by atoms with Gasteiger partial charge in [0, 0.05) is 6.42 Å². The average molecular weight is 370 g/mol. The first-order chi connectivity index (χ1) is 12.9. The first-order valence-corrected chi connectivity index (χ1v) is 9.58. The van der Waals surface area contributed by atoms with E-state index in [2.05, 4.69) is 38.2 Å². The lowest BCUT2D eigenvalue weighted by molar-refractivity contribution is -0.121. The van der Waals surface area contributed by atoms with Crippen molar-refractivity contribution in [2.45, 2.75) is 52.5 Å². The van der Waals surface area contributed by atoms with E-state index in [1.165, 1.54) is 0 Å². The number of hydrogen-bond donors (Lipinski definition) is 1. The Hall–Kier alpha value is -2.49. The molecule has 27 heavy (non-hydrogen) atoms. The molecule has 1 N–H and O–H groups in total. The first-order valence-electron chi connectivity index (χ1n) is 9.58. The van der Waals surface area contributed by atoms with Crippen LogP contribution in [0.15, 0.2) is 42.5 Å². The normalized spacial score (nSPS) is 11.9. The summed E-state index contributed by atoms with van der Waals surface area (Å²) in [5.41, 5.74) is 3.42. The van der Waals surface area contributed by atoms with Crippen LogP contribution in [0.25, 0.3) is 0 Å². The molecule has 0 saturated heterocycles. The molecule has 2 aromatic rings. The first kappa shape index (κ1) is 20.8. The number of amides is 1. The molecule has 1 atom stereocenters. The molecule has 0 unspecified atom stereocenters. The zero-order valence-corrected chi connectivity index (χ0v) is 17.0. The third kappa shape index (κ3) is 6.02. The summed E-state index contributed by atoms with van der Waals surface area (Å²) in [4.78, 5) is 12.3. The molecule has 0 aliphatic heterocycles. The average Bonchev–Trinajstić information content (AvgIpc) is 2.65. The second-order valence-corrected chi connectivity index (χ2v) is 7.16. The van der Waals surface area contributed by atoms with Crippen LogP contribution in [0.5, 0.6) is 11.5 Å². The van der Waals surface area contributed by atoms with E-state index in [-0.39, 0.29) is 11.9 Å². The maximum atomic E-state index is 12.3. The van der Waals surface area contributed by atoms with E-state index >= 15 is 0 Å². The van der Waals surface area contributed by atoms with Crippen LogP contribution >= 0.6 is 0 Å². The summed E-state index contributed by atoms with van der Waals surface area (Å²) < 4.78 is 11.1. The van der Waals surface area contributed by atoms with Gasteiger partial charge in [0.25, 0.3) is 0 Å². The van der Waals surface area contributed by atoms with Crippen LogP contribution in [0, 0.1) is 6.92 Å². The molecule has 0 saturated carbocycles. The van der Waals surface area contributed by atoms with E-state index in [9.17, 15) is 4.79 Å². The van der Waals surface area contributed by atoms with Gasteiger partial charge in [0.2, 0.25) is 5.91 Å².